The van der Waals surface area contributed by atoms with Gasteiger partial charge in [-0.15, -0.1) is 5.10 Å². The Morgan fingerprint density at radius 2 is 1.68 bits per heavy atom. The fraction of sp³-hybridized carbons (Fsp3) is 0.103. The lowest BCUT2D eigenvalue weighted by Crippen LogP contribution is -2.42. The van der Waals surface area contributed by atoms with Gasteiger partial charge in [-0.3, -0.25) is 10.2 Å². The number of fused-ring (bicyclic) bond motifs is 1. The molecule has 0 unspecified atom stereocenters. The van der Waals surface area contributed by atoms with E-state index in [-0.39, 0.29) is 18.6 Å². The maximum absolute atomic E-state index is 13.4. The average Bonchev–Trinajstić information content (AvgIpc) is 3.67. The second-order valence-corrected chi connectivity index (χ2v) is 8.77. The van der Waals surface area contributed by atoms with Crippen LogP contribution in [-0.4, -0.2) is 44.8 Å². The Bertz CT molecular complexity index is 1600. The molecule has 0 radical (unpaired) electrons. The number of hydrogen-bond acceptors (Lipinski definition) is 7. The fourth-order valence-electron chi connectivity index (χ4n) is 4.44. The minimum Gasteiger partial charge on any atom is -0.497 e. The van der Waals surface area contributed by atoms with Gasteiger partial charge in [0.05, 0.1) is 24.5 Å². The van der Waals surface area contributed by atoms with Gasteiger partial charge in [-0.05, 0) is 80.9 Å². The van der Waals surface area contributed by atoms with Crippen LogP contribution in [0.25, 0.3) is 22.2 Å². The fourth-order valence-corrected chi connectivity index (χ4v) is 4.44. The van der Waals surface area contributed by atoms with E-state index in [1.807, 2.05) is 48.5 Å². The third-order valence-corrected chi connectivity index (χ3v) is 6.44. The van der Waals surface area contributed by atoms with E-state index in [4.69, 9.17) is 9.47 Å². The number of methoxy groups -OCH3 is 1. The van der Waals surface area contributed by atoms with Gasteiger partial charge < -0.3 is 9.47 Å². The molecule has 0 bridgehead atoms. The molecular formula is C29H24N6O3. The molecule has 1 amide bonds. The van der Waals surface area contributed by atoms with Crippen molar-refractivity contribution in [3.05, 3.63) is 115 Å². The van der Waals surface area contributed by atoms with E-state index in [1.54, 1.807) is 28.9 Å². The molecule has 1 aromatic heterocycles. The zero-order valence-corrected chi connectivity index (χ0v) is 20.6. The quantitative estimate of drug-likeness (QED) is 0.353. The molecule has 4 aromatic carbocycles. The zero-order valence-electron chi connectivity index (χ0n) is 20.6. The summed E-state index contributed by atoms with van der Waals surface area (Å²) in [5.74, 6) is 1.12. The molecule has 1 aliphatic heterocycles. The van der Waals surface area contributed by atoms with Crippen LogP contribution in [0.3, 0.4) is 0 Å². The molecule has 6 rings (SSSR count). The molecule has 1 aliphatic rings. The van der Waals surface area contributed by atoms with E-state index in [0.717, 1.165) is 39.0 Å². The van der Waals surface area contributed by atoms with Gasteiger partial charge >= 0.3 is 0 Å². The third-order valence-electron chi connectivity index (χ3n) is 6.44. The maximum atomic E-state index is 13.4. The first kappa shape index (κ1) is 23.2. The van der Waals surface area contributed by atoms with E-state index >= 15 is 0 Å². The van der Waals surface area contributed by atoms with Crippen LogP contribution in [0.15, 0.2) is 103 Å². The lowest BCUT2D eigenvalue weighted by Gasteiger charge is -2.25. The number of carbonyl (C=O) groups excluding carboxylic acids is 1. The highest BCUT2D eigenvalue weighted by Crippen LogP contribution is 2.33. The molecule has 0 saturated carbocycles. The first-order valence-corrected chi connectivity index (χ1v) is 12.1. The van der Waals surface area contributed by atoms with Crippen molar-refractivity contribution in [1.29, 1.82) is 0 Å². The van der Waals surface area contributed by atoms with E-state index in [9.17, 15) is 4.79 Å². The molecule has 0 spiro atoms. The summed E-state index contributed by atoms with van der Waals surface area (Å²) in [6.45, 7) is -0.136. The highest BCUT2D eigenvalue weighted by molar-refractivity contribution is 5.87. The summed E-state index contributed by atoms with van der Waals surface area (Å²) < 4.78 is 12.7. The Morgan fingerprint density at radius 1 is 0.921 bits per heavy atom. The van der Waals surface area contributed by atoms with Gasteiger partial charge in [0, 0.05) is 0 Å². The number of nitrogens with zero attached hydrogens (tertiary/aromatic N) is 5. The predicted molar refractivity (Wildman–Crippen MR) is 142 cm³/mol. The van der Waals surface area contributed by atoms with Crippen LogP contribution < -0.4 is 14.9 Å². The molecule has 38 heavy (non-hydrogen) atoms. The summed E-state index contributed by atoms with van der Waals surface area (Å²) >= 11 is 0. The highest BCUT2D eigenvalue weighted by atomic mass is 16.5. The average molecular weight is 505 g/mol. The number of amides is 1. The minimum absolute atomic E-state index is 0.136. The second-order valence-electron chi connectivity index (χ2n) is 8.77. The number of rotatable bonds is 7. The number of aromatic nitrogens is 4. The van der Waals surface area contributed by atoms with Crippen molar-refractivity contribution in [3.8, 4) is 17.2 Å². The maximum Gasteiger partial charge on any atom is 0.279 e. The lowest BCUT2D eigenvalue weighted by molar-refractivity contribution is -0.136. The van der Waals surface area contributed by atoms with E-state index in [1.165, 1.54) is 6.33 Å². The first-order chi connectivity index (χ1) is 18.7. The van der Waals surface area contributed by atoms with Crippen molar-refractivity contribution < 1.29 is 14.3 Å². The standard InChI is InChI=1S/C29H24N6O3/c1-37-25-12-8-21(9-13-25)28-17-27(23-7-6-20-4-2-3-5-22(20)16-23)31-35(28)29(36)18-38-26-14-10-24(11-15-26)34-19-30-32-33-34/h2-17,19,28,31H,18H2,1H3/t28-/m1/s1. The molecule has 9 nitrogen and oxygen atoms in total. The van der Waals surface area contributed by atoms with Crippen molar-refractivity contribution in [2.24, 2.45) is 0 Å². The molecule has 1 atom stereocenters. The van der Waals surface area contributed by atoms with Gasteiger partial charge in [0.2, 0.25) is 0 Å². The van der Waals surface area contributed by atoms with Crippen LogP contribution in [0.5, 0.6) is 11.5 Å². The van der Waals surface area contributed by atoms with Gasteiger partial charge in [-0.25, -0.2) is 9.69 Å². The summed E-state index contributed by atoms with van der Waals surface area (Å²) in [7, 11) is 1.63. The van der Waals surface area contributed by atoms with Crippen LogP contribution in [0, 0.1) is 0 Å². The van der Waals surface area contributed by atoms with Crippen LogP contribution in [0.4, 0.5) is 0 Å². The normalized spacial score (nSPS) is 14.7. The summed E-state index contributed by atoms with van der Waals surface area (Å²) in [6, 6.07) is 29.1. The Hall–Kier alpha value is -5.18. The molecule has 1 N–H and O–H groups in total. The Balaban J connectivity index is 1.23. The van der Waals surface area contributed by atoms with Crippen LogP contribution in [-0.2, 0) is 4.79 Å². The van der Waals surface area contributed by atoms with Gasteiger partial charge in [-0.1, -0.05) is 48.5 Å². The largest absolute Gasteiger partial charge is 0.497 e. The molecule has 0 saturated heterocycles. The van der Waals surface area contributed by atoms with Crippen LogP contribution in [0.1, 0.15) is 17.2 Å². The minimum atomic E-state index is -0.319. The van der Waals surface area contributed by atoms with E-state index < -0.39 is 0 Å². The second kappa shape index (κ2) is 10.1. The summed E-state index contributed by atoms with van der Waals surface area (Å²) in [5, 5.41) is 15.1. The van der Waals surface area contributed by atoms with Gasteiger partial charge in [0.1, 0.15) is 17.8 Å². The molecule has 5 aromatic rings. The number of carbonyl (C=O) groups is 1. The van der Waals surface area contributed by atoms with E-state index in [2.05, 4.69) is 57.4 Å². The van der Waals surface area contributed by atoms with Gasteiger partial charge in [0.15, 0.2) is 6.61 Å². The van der Waals surface area contributed by atoms with Crippen molar-refractivity contribution >= 4 is 22.4 Å². The number of hydrogen-bond donors (Lipinski definition) is 1. The van der Waals surface area contributed by atoms with Crippen molar-refractivity contribution in [2.75, 3.05) is 13.7 Å². The molecule has 188 valence electrons. The monoisotopic (exact) mass is 504 g/mol. The number of ether oxygens (including phenoxy) is 2. The van der Waals surface area contributed by atoms with Gasteiger partial charge in [0.25, 0.3) is 5.91 Å². The number of nitrogens with one attached hydrogen (secondary N) is 1. The van der Waals surface area contributed by atoms with Crippen molar-refractivity contribution in [2.45, 2.75) is 6.04 Å². The Morgan fingerprint density at radius 3 is 2.42 bits per heavy atom. The Labute approximate surface area is 218 Å². The zero-order chi connectivity index (χ0) is 25.9. The topological polar surface area (TPSA) is 94.4 Å². The lowest BCUT2D eigenvalue weighted by atomic mass is 10.0. The number of benzene rings is 4. The smallest absolute Gasteiger partial charge is 0.279 e. The molecular weight excluding hydrogens is 480 g/mol. The number of hydrazine groups is 1. The molecule has 9 heteroatoms. The third kappa shape index (κ3) is 4.64. The van der Waals surface area contributed by atoms with Crippen molar-refractivity contribution in [3.63, 3.8) is 0 Å². The SMILES string of the molecule is COc1ccc([C@H]2C=C(c3ccc4ccccc4c3)NN2C(=O)COc2ccc(-n3cnnn3)cc2)cc1. The summed E-state index contributed by atoms with van der Waals surface area (Å²) in [4.78, 5) is 13.4. The number of tetrazole rings is 1. The molecule has 0 aliphatic carbocycles. The Kier molecular flexibility index (Phi) is 6.15. The van der Waals surface area contributed by atoms with Crippen LogP contribution in [0.2, 0.25) is 0 Å². The van der Waals surface area contributed by atoms with E-state index in [0.29, 0.717) is 5.75 Å². The molecule has 0 fully saturated rings. The summed E-state index contributed by atoms with van der Waals surface area (Å²) in [6.07, 6.45) is 3.57. The van der Waals surface area contributed by atoms with Gasteiger partial charge in [-0.2, -0.15) is 0 Å². The highest BCUT2D eigenvalue weighted by Gasteiger charge is 2.31. The predicted octanol–water partition coefficient (Wildman–Crippen LogP) is 4.33. The molecule has 2 heterocycles. The first-order valence-electron chi connectivity index (χ1n) is 12.1. The van der Waals surface area contributed by atoms with Crippen molar-refractivity contribution in [1.82, 2.24) is 30.6 Å². The van der Waals surface area contributed by atoms with Crippen LogP contribution >= 0.6 is 0 Å². The summed E-state index contributed by atoms with van der Waals surface area (Å²) in [5.41, 5.74) is 6.92.